The van der Waals surface area contributed by atoms with E-state index in [1.807, 2.05) is 11.4 Å². The maximum atomic E-state index is 12.3. The lowest BCUT2D eigenvalue weighted by Crippen LogP contribution is -2.46. The maximum absolute atomic E-state index is 12.3. The first-order valence-electron chi connectivity index (χ1n) is 6.30. The summed E-state index contributed by atoms with van der Waals surface area (Å²) in [5.74, 6) is 1.34. The number of amides is 2. The molecule has 1 saturated heterocycles. The van der Waals surface area contributed by atoms with Gasteiger partial charge in [-0.05, 0) is 12.5 Å². The lowest BCUT2D eigenvalue weighted by molar-refractivity contribution is -0.141. The number of carbonyl (C=O) groups is 2. The molecular formula is C13H17ClN2O2S2. The average Bonchev–Trinajstić information content (AvgIpc) is 3.03. The van der Waals surface area contributed by atoms with Crippen LogP contribution in [0.2, 0.25) is 5.02 Å². The highest BCUT2D eigenvalue weighted by Crippen LogP contribution is 2.25. The van der Waals surface area contributed by atoms with Gasteiger partial charge in [0.1, 0.15) is 6.04 Å². The average molecular weight is 333 g/mol. The third-order valence-corrected chi connectivity index (χ3v) is 5.49. The van der Waals surface area contributed by atoms with Crippen LogP contribution in [0.25, 0.3) is 0 Å². The van der Waals surface area contributed by atoms with Gasteiger partial charge in [-0.2, -0.15) is 0 Å². The number of carbonyl (C=O) groups excluding carboxylic acids is 2. The molecule has 7 heteroatoms. The fraction of sp³-hybridized carbons (Fsp3) is 0.538. The topological polar surface area (TPSA) is 40.6 Å². The zero-order valence-electron chi connectivity index (χ0n) is 11.5. The number of likely N-dealkylation sites (N-methyl/N-ethyl adjacent to an activating group) is 1. The number of thioether (sulfide) groups is 1. The first-order chi connectivity index (χ1) is 9.49. The van der Waals surface area contributed by atoms with Crippen molar-refractivity contribution in [1.82, 2.24) is 9.80 Å². The van der Waals surface area contributed by atoms with Gasteiger partial charge in [0.15, 0.2) is 0 Å². The van der Waals surface area contributed by atoms with Crippen LogP contribution in [0, 0.1) is 0 Å². The highest BCUT2D eigenvalue weighted by Gasteiger charge is 2.35. The molecule has 0 N–H and O–H groups in total. The van der Waals surface area contributed by atoms with Crippen molar-refractivity contribution in [3.05, 3.63) is 21.3 Å². The van der Waals surface area contributed by atoms with Crippen molar-refractivity contribution in [2.24, 2.45) is 0 Å². The van der Waals surface area contributed by atoms with Gasteiger partial charge in [-0.3, -0.25) is 9.59 Å². The summed E-state index contributed by atoms with van der Waals surface area (Å²) >= 11 is 9.06. The molecule has 0 aromatic carbocycles. The number of rotatable bonds is 4. The summed E-state index contributed by atoms with van der Waals surface area (Å²) in [5, 5.41) is 2.58. The molecule has 0 aliphatic carbocycles. The maximum Gasteiger partial charge on any atom is 0.245 e. The SMILES string of the molecule is CN(C)C(=O)[C@@H]1CSCN1C(=O)CCc1cc(Cl)cs1. The number of thiophene rings is 1. The van der Waals surface area contributed by atoms with E-state index in [-0.39, 0.29) is 17.9 Å². The molecule has 20 heavy (non-hydrogen) atoms. The molecule has 0 saturated carbocycles. The predicted molar refractivity (Wildman–Crippen MR) is 84.3 cm³/mol. The van der Waals surface area contributed by atoms with Crippen molar-refractivity contribution < 1.29 is 9.59 Å². The standard InChI is InChI=1S/C13H17ClN2O2S2/c1-15(2)13(18)11-7-19-8-16(11)12(17)4-3-10-5-9(14)6-20-10/h5-6,11H,3-4,7-8H2,1-2H3/t11-/m0/s1. The molecule has 1 atom stereocenters. The van der Waals surface area contributed by atoms with Gasteiger partial charge in [-0.25, -0.2) is 0 Å². The van der Waals surface area contributed by atoms with Crippen molar-refractivity contribution >= 4 is 46.5 Å². The van der Waals surface area contributed by atoms with E-state index >= 15 is 0 Å². The largest absolute Gasteiger partial charge is 0.347 e. The second-order valence-corrected chi connectivity index (χ2v) is 7.28. The number of hydrogen-bond donors (Lipinski definition) is 0. The Hall–Kier alpha value is -0.720. The Kier molecular flexibility index (Phi) is 5.35. The van der Waals surface area contributed by atoms with Gasteiger partial charge in [0, 0.05) is 36.5 Å². The molecule has 0 bridgehead atoms. The van der Waals surface area contributed by atoms with Gasteiger partial charge in [0.25, 0.3) is 0 Å². The Bertz CT molecular complexity index is 504. The third kappa shape index (κ3) is 3.68. The number of aryl methyl sites for hydroxylation is 1. The van der Waals surface area contributed by atoms with Crippen LogP contribution < -0.4 is 0 Å². The van der Waals surface area contributed by atoms with Crippen molar-refractivity contribution in [3.8, 4) is 0 Å². The van der Waals surface area contributed by atoms with Crippen LogP contribution in [0.5, 0.6) is 0 Å². The molecule has 2 amide bonds. The van der Waals surface area contributed by atoms with Gasteiger partial charge in [0.2, 0.25) is 11.8 Å². The number of nitrogens with zero attached hydrogens (tertiary/aromatic N) is 2. The van der Waals surface area contributed by atoms with Crippen molar-refractivity contribution in [1.29, 1.82) is 0 Å². The van der Waals surface area contributed by atoms with Gasteiger partial charge in [-0.15, -0.1) is 23.1 Å². The molecule has 2 rings (SSSR count). The monoisotopic (exact) mass is 332 g/mol. The van der Waals surface area contributed by atoms with E-state index in [0.29, 0.717) is 24.5 Å². The summed E-state index contributed by atoms with van der Waals surface area (Å²) in [6, 6.07) is 1.58. The molecule has 2 heterocycles. The van der Waals surface area contributed by atoms with E-state index in [2.05, 4.69) is 0 Å². The van der Waals surface area contributed by atoms with Crippen LogP contribution in [-0.4, -0.2) is 53.4 Å². The van der Waals surface area contributed by atoms with E-state index in [0.717, 1.165) is 9.90 Å². The van der Waals surface area contributed by atoms with E-state index < -0.39 is 0 Å². The minimum absolute atomic E-state index is 0.00233. The highest BCUT2D eigenvalue weighted by atomic mass is 35.5. The van der Waals surface area contributed by atoms with Crippen LogP contribution in [-0.2, 0) is 16.0 Å². The first-order valence-corrected chi connectivity index (χ1v) is 8.71. The van der Waals surface area contributed by atoms with Gasteiger partial charge >= 0.3 is 0 Å². The lowest BCUT2D eigenvalue weighted by atomic mass is 10.2. The summed E-state index contributed by atoms with van der Waals surface area (Å²) in [6.45, 7) is 0. The Morgan fingerprint density at radius 3 is 2.85 bits per heavy atom. The summed E-state index contributed by atoms with van der Waals surface area (Å²) in [5.41, 5.74) is 0. The van der Waals surface area contributed by atoms with Crippen molar-refractivity contribution in [2.75, 3.05) is 25.7 Å². The molecule has 110 valence electrons. The molecule has 0 unspecified atom stereocenters. The minimum Gasteiger partial charge on any atom is -0.347 e. The van der Waals surface area contributed by atoms with Crippen molar-refractivity contribution in [3.63, 3.8) is 0 Å². The smallest absolute Gasteiger partial charge is 0.245 e. The molecular weight excluding hydrogens is 316 g/mol. The molecule has 1 fully saturated rings. The molecule has 4 nitrogen and oxygen atoms in total. The third-order valence-electron chi connectivity index (χ3n) is 3.14. The van der Waals surface area contributed by atoms with Crippen LogP contribution in [0.3, 0.4) is 0 Å². The van der Waals surface area contributed by atoms with Crippen LogP contribution in [0.4, 0.5) is 0 Å². The molecule has 1 aromatic heterocycles. The van der Waals surface area contributed by atoms with Crippen LogP contribution in [0.1, 0.15) is 11.3 Å². The fourth-order valence-electron chi connectivity index (χ4n) is 2.05. The molecule has 1 aliphatic heterocycles. The molecule has 1 aliphatic rings. The normalized spacial score (nSPS) is 18.4. The van der Waals surface area contributed by atoms with Crippen LogP contribution in [0.15, 0.2) is 11.4 Å². The van der Waals surface area contributed by atoms with Crippen LogP contribution >= 0.6 is 34.7 Å². The minimum atomic E-state index is -0.311. The fourth-order valence-corrected chi connectivity index (χ4v) is 4.30. The van der Waals surface area contributed by atoms with Gasteiger partial charge in [-0.1, -0.05) is 11.6 Å². The van der Waals surface area contributed by atoms with E-state index in [9.17, 15) is 9.59 Å². The first kappa shape index (κ1) is 15.7. The molecule has 0 radical (unpaired) electrons. The Labute approximate surface area is 132 Å². The van der Waals surface area contributed by atoms with E-state index in [1.54, 1.807) is 47.0 Å². The second-order valence-electron chi connectivity index (χ2n) is 4.84. The predicted octanol–water partition coefficient (Wildman–Crippen LogP) is 2.32. The Morgan fingerprint density at radius 2 is 2.25 bits per heavy atom. The highest BCUT2D eigenvalue weighted by molar-refractivity contribution is 7.99. The van der Waals surface area contributed by atoms with Crippen molar-refractivity contribution in [2.45, 2.75) is 18.9 Å². The Balaban J connectivity index is 1.92. The quantitative estimate of drug-likeness (QED) is 0.849. The molecule has 0 spiro atoms. The summed E-state index contributed by atoms with van der Waals surface area (Å²) in [6.07, 6.45) is 1.11. The zero-order chi connectivity index (χ0) is 14.7. The van der Waals surface area contributed by atoms with E-state index in [4.69, 9.17) is 11.6 Å². The Morgan fingerprint density at radius 1 is 1.50 bits per heavy atom. The molecule has 1 aromatic rings. The second kappa shape index (κ2) is 6.83. The summed E-state index contributed by atoms with van der Waals surface area (Å²) in [7, 11) is 3.45. The zero-order valence-corrected chi connectivity index (χ0v) is 13.9. The summed E-state index contributed by atoms with van der Waals surface area (Å²) in [4.78, 5) is 28.7. The number of hydrogen-bond acceptors (Lipinski definition) is 4. The van der Waals surface area contributed by atoms with Gasteiger partial charge in [0.05, 0.1) is 10.9 Å². The number of halogens is 1. The van der Waals surface area contributed by atoms with E-state index in [1.165, 1.54) is 0 Å². The van der Waals surface area contributed by atoms with Gasteiger partial charge < -0.3 is 9.80 Å². The summed E-state index contributed by atoms with van der Waals surface area (Å²) < 4.78 is 0. The lowest BCUT2D eigenvalue weighted by Gasteiger charge is -2.25.